The fourth-order valence-corrected chi connectivity index (χ4v) is 2.64. The third-order valence-electron chi connectivity index (χ3n) is 2.51. The molecule has 100 valence electrons. The lowest BCUT2D eigenvalue weighted by atomic mass is 9.96. The van der Waals surface area contributed by atoms with E-state index in [1.807, 2.05) is 0 Å². The molecule has 2 aromatic rings. The Morgan fingerprint density at radius 2 is 2.21 bits per heavy atom. The van der Waals surface area contributed by atoms with E-state index in [0.717, 1.165) is 4.47 Å². The van der Waals surface area contributed by atoms with Crippen LogP contribution in [-0.4, -0.2) is 21.3 Å². The summed E-state index contributed by atoms with van der Waals surface area (Å²) in [6.07, 6.45) is -0.144. The number of nitrogens with zero attached hydrogens (tertiary/aromatic N) is 2. The van der Waals surface area contributed by atoms with Gasteiger partial charge in [-0.3, -0.25) is 4.79 Å². The second-order valence-electron chi connectivity index (χ2n) is 4.01. The van der Waals surface area contributed by atoms with Gasteiger partial charge in [-0.2, -0.15) is 0 Å². The molecule has 5 nitrogen and oxygen atoms in total. The number of hydrogen-bond acceptors (Lipinski definition) is 4. The molecule has 0 saturated carbocycles. The average Bonchev–Trinajstić information content (AvgIpc) is 2.71. The highest BCUT2D eigenvalue weighted by Crippen LogP contribution is 2.31. The summed E-state index contributed by atoms with van der Waals surface area (Å²) in [5.41, 5.74) is 0.713. The van der Waals surface area contributed by atoms with Crippen molar-refractivity contribution in [1.29, 1.82) is 0 Å². The lowest BCUT2D eigenvalue weighted by Gasteiger charge is -2.12. The number of rotatable bonds is 4. The number of carbonyl (C=O) groups is 1. The van der Waals surface area contributed by atoms with Crippen molar-refractivity contribution in [1.82, 2.24) is 10.2 Å². The SMILES string of the molecule is Cc1nnc(C(CC(=O)O)c2cc(Cl)cc(Br)c2)o1. The zero-order chi connectivity index (χ0) is 14.0. The van der Waals surface area contributed by atoms with Gasteiger partial charge in [-0.1, -0.05) is 27.5 Å². The minimum absolute atomic E-state index is 0.144. The molecule has 0 aliphatic carbocycles. The Balaban J connectivity index is 2.45. The summed E-state index contributed by atoms with van der Waals surface area (Å²) in [5.74, 6) is -0.800. The van der Waals surface area contributed by atoms with Crippen LogP contribution in [0.5, 0.6) is 0 Å². The Labute approximate surface area is 122 Å². The molecule has 1 aromatic carbocycles. The van der Waals surface area contributed by atoms with Crippen LogP contribution in [-0.2, 0) is 4.79 Å². The van der Waals surface area contributed by atoms with Crippen molar-refractivity contribution < 1.29 is 14.3 Å². The second-order valence-corrected chi connectivity index (χ2v) is 5.36. The largest absolute Gasteiger partial charge is 0.481 e. The molecule has 1 unspecified atom stereocenters. The first-order chi connectivity index (χ1) is 8.95. The molecule has 0 saturated heterocycles. The van der Waals surface area contributed by atoms with E-state index in [9.17, 15) is 4.79 Å². The topological polar surface area (TPSA) is 76.2 Å². The van der Waals surface area contributed by atoms with E-state index in [1.54, 1.807) is 25.1 Å². The van der Waals surface area contributed by atoms with Crippen molar-refractivity contribution in [3.63, 3.8) is 0 Å². The molecule has 0 aliphatic rings. The molecule has 1 atom stereocenters. The van der Waals surface area contributed by atoms with Crippen LogP contribution in [0.15, 0.2) is 27.1 Å². The highest BCUT2D eigenvalue weighted by atomic mass is 79.9. The first kappa shape index (κ1) is 14.0. The van der Waals surface area contributed by atoms with Crippen LogP contribution in [0.1, 0.15) is 29.7 Å². The van der Waals surface area contributed by atoms with Gasteiger partial charge in [0.15, 0.2) is 0 Å². The smallest absolute Gasteiger partial charge is 0.304 e. The van der Waals surface area contributed by atoms with Crippen molar-refractivity contribution >= 4 is 33.5 Å². The Morgan fingerprint density at radius 3 is 2.74 bits per heavy atom. The van der Waals surface area contributed by atoms with Crippen LogP contribution in [0.2, 0.25) is 5.02 Å². The number of aliphatic carboxylic acids is 1. The van der Waals surface area contributed by atoms with Crippen LogP contribution < -0.4 is 0 Å². The maximum absolute atomic E-state index is 11.0. The summed E-state index contributed by atoms with van der Waals surface area (Å²) in [6.45, 7) is 1.65. The highest BCUT2D eigenvalue weighted by molar-refractivity contribution is 9.10. The molecule has 2 rings (SSSR count). The molecule has 0 bridgehead atoms. The molecule has 0 amide bonds. The van der Waals surface area contributed by atoms with Crippen LogP contribution >= 0.6 is 27.5 Å². The molecule has 0 radical (unpaired) electrons. The number of carboxylic acid groups (broad SMARTS) is 1. The van der Waals surface area contributed by atoms with Crippen LogP contribution in [0.4, 0.5) is 0 Å². The lowest BCUT2D eigenvalue weighted by molar-refractivity contribution is -0.137. The highest BCUT2D eigenvalue weighted by Gasteiger charge is 2.24. The zero-order valence-electron chi connectivity index (χ0n) is 9.93. The molecule has 0 fully saturated rings. The minimum Gasteiger partial charge on any atom is -0.481 e. The zero-order valence-corrected chi connectivity index (χ0v) is 12.3. The minimum atomic E-state index is -0.947. The quantitative estimate of drug-likeness (QED) is 0.919. The maximum atomic E-state index is 11.0. The van der Waals surface area contributed by atoms with Crippen LogP contribution in [0.25, 0.3) is 0 Å². The predicted molar refractivity (Wildman–Crippen MR) is 72.3 cm³/mol. The van der Waals surface area contributed by atoms with Gasteiger partial charge in [-0.25, -0.2) is 0 Å². The summed E-state index contributed by atoms with van der Waals surface area (Å²) < 4.78 is 6.10. The average molecular weight is 346 g/mol. The molecule has 7 heteroatoms. The van der Waals surface area contributed by atoms with E-state index >= 15 is 0 Å². The summed E-state index contributed by atoms with van der Waals surface area (Å²) >= 11 is 9.31. The molecule has 0 aliphatic heterocycles. The van der Waals surface area contributed by atoms with Gasteiger partial charge >= 0.3 is 5.97 Å². The standard InChI is InChI=1S/C12H10BrClN2O3/c1-6-15-16-12(19-6)10(5-11(17)18)7-2-8(13)4-9(14)3-7/h2-4,10H,5H2,1H3,(H,17,18). The number of benzene rings is 1. The molecule has 1 aromatic heterocycles. The second kappa shape index (κ2) is 5.71. The van der Waals surface area contributed by atoms with Gasteiger partial charge in [0.2, 0.25) is 11.8 Å². The summed E-state index contributed by atoms with van der Waals surface area (Å²) in [4.78, 5) is 11.0. The van der Waals surface area contributed by atoms with Gasteiger partial charge in [0, 0.05) is 16.4 Å². The fourth-order valence-electron chi connectivity index (χ4n) is 1.75. The van der Waals surface area contributed by atoms with Gasteiger partial charge in [0.05, 0.1) is 12.3 Å². The molecule has 1 heterocycles. The Morgan fingerprint density at radius 1 is 1.47 bits per heavy atom. The number of halogens is 2. The summed E-state index contributed by atoms with van der Waals surface area (Å²) in [6, 6.07) is 5.21. The van der Waals surface area contributed by atoms with E-state index in [2.05, 4.69) is 26.1 Å². The van der Waals surface area contributed by atoms with E-state index in [4.69, 9.17) is 21.1 Å². The van der Waals surface area contributed by atoms with Crippen LogP contribution in [0.3, 0.4) is 0 Å². The third kappa shape index (κ3) is 3.54. The molecule has 19 heavy (non-hydrogen) atoms. The number of carboxylic acids is 1. The van der Waals surface area contributed by atoms with Crippen molar-refractivity contribution in [2.45, 2.75) is 19.3 Å². The van der Waals surface area contributed by atoms with Crippen molar-refractivity contribution in [3.05, 3.63) is 45.0 Å². The number of aryl methyl sites for hydroxylation is 1. The van der Waals surface area contributed by atoms with Gasteiger partial charge < -0.3 is 9.52 Å². The van der Waals surface area contributed by atoms with Crippen molar-refractivity contribution in [2.24, 2.45) is 0 Å². The van der Waals surface area contributed by atoms with E-state index in [1.165, 1.54) is 0 Å². The van der Waals surface area contributed by atoms with Crippen molar-refractivity contribution in [2.75, 3.05) is 0 Å². The summed E-state index contributed by atoms with van der Waals surface area (Å²) in [5, 5.41) is 17.2. The number of hydrogen-bond donors (Lipinski definition) is 1. The first-order valence-electron chi connectivity index (χ1n) is 5.43. The Bertz CT molecular complexity index is 595. The van der Waals surface area contributed by atoms with Gasteiger partial charge in [0.25, 0.3) is 0 Å². The van der Waals surface area contributed by atoms with E-state index in [-0.39, 0.29) is 12.3 Å². The monoisotopic (exact) mass is 344 g/mol. The van der Waals surface area contributed by atoms with Crippen LogP contribution in [0, 0.1) is 6.92 Å². The molecule has 0 spiro atoms. The third-order valence-corrected chi connectivity index (χ3v) is 3.18. The predicted octanol–water partition coefficient (Wildman–Crippen LogP) is 3.40. The van der Waals surface area contributed by atoms with Crippen molar-refractivity contribution in [3.8, 4) is 0 Å². The number of aromatic nitrogens is 2. The fraction of sp³-hybridized carbons (Fsp3) is 0.250. The molecule has 1 N–H and O–H groups in total. The molecular formula is C12H10BrClN2O3. The Kier molecular flexibility index (Phi) is 4.21. The maximum Gasteiger partial charge on any atom is 0.304 e. The lowest BCUT2D eigenvalue weighted by Crippen LogP contribution is -2.08. The van der Waals surface area contributed by atoms with E-state index in [0.29, 0.717) is 16.5 Å². The Hall–Kier alpha value is -1.40. The van der Waals surface area contributed by atoms with E-state index < -0.39 is 11.9 Å². The summed E-state index contributed by atoms with van der Waals surface area (Å²) in [7, 11) is 0. The normalized spacial score (nSPS) is 12.4. The van der Waals surface area contributed by atoms with Gasteiger partial charge in [-0.05, 0) is 23.8 Å². The first-order valence-corrected chi connectivity index (χ1v) is 6.60. The van der Waals surface area contributed by atoms with Gasteiger partial charge in [0.1, 0.15) is 0 Å². The molecular weight excluding hydrogens is 336 g/mol. The van der Waals surface area contributed by atoms with Gasteiger partial charge in [-0.15, -0.1) is 10.2 Å².